The van der Waals surface area contributed by atoms with Crippen LogP contribution in [0.15, 0.2) is 0 Å². The molecule has 3 fully saturated rings. The zero-order valence-corrected chi connectivity index (χ0v) is 14.2. The molecular weight excluding hydrogens is 292 g/mol. The minimum atomic E-state index is 0.00321. The van der Waals surface area contributed by atoms with Crippen LogP contribution in [-0.2, 0) is 9.59 Å². The third-order valence-electron chi connectivity index (χ3n) is 5.39. The first kappa shape index (κ1) is 16.7. The summed E-state index contributed by atoms with van der Waals surface area (Å²) < 4.78 is 0. The molecule has 3 rings (SSSR count). The lowest BCUT2D eigenvalue weighted by molar-refractivity contribution is -0.132. The van der Waals surface area contributed by atoms with Gasteiger partial charge in [0.1, 0.15) is 0 Å². The fourth-order valence-electron chi connectivity index (χ4n) is 3.71. The third kappa shape index (κ3) is 4.67. The maximum absolute atomic E-state index is 12.2. The van der Waals surface area contributed by atoms with Crippen molar-refractivity contribution >= 4 is 11.8 Å². The van der Waals surface area contributed by atoms with Gasteiger partial charge in [-0.25, -0.2) is 0 Å². The van der Waals surface area contributed by atoms with Gasteiger partial charge in [0.25, 0.3) is 0 Å². The van der Waals surface area contributed by atoms with Crippen molar-refractivity contribution in [3.05, 3.63) is 0 Å². The van der Waals surface area contributed by atoms with Crippen LogP contribution in [0.25, 0.3) is 0 Å². The minimum Gasteiger partial charge on any atom is -0.354 e. The number of hydrogen-bond acceptors (Lipinski definition) is 4. The molecule has 2 saturated heterocycles. The van der Waals surface area contributed by atoms with Crippen LogP contribution in [0.2, 0.25) is 0 Å². The second kappa shape index (κ2) is 7.62. The molecule has 6 heteroatoms. The molecule has 0 radical (unpaired) electrons. The Kier molecular flexibility index (Phi) is 5.54. The highest BCUT2D eigenvalue weighted by Crippen LogP contribution is 2.25. The molecule has 0 aromatic carbocycles. The van der Waals surface area contributed by atoms with E-state index in [4.69, 9.17) is 0 Å². The zero-order valence-electron chi connectivity index (χ0n) is 14.2. The number of carbonyl (C=O) groups excluding carboxylic acids is 2. The fourth-order valence-corrected chi connectivity index (χ4v) is 3.71. The summed E-state index contributed by atoms with van der Waals surface area (Å²) in [5.41, 5.74) is 0. The number of likely N-dealkylation sites (N-methyl/N-ethyl adjacent to an activating group) is 1. The predicted molar refractivity (Wildman–Crippen MR) is 89.0 cm³/mol. The summed E-state index contributed by atoms with van der Waals surface area (Å²) in [6.07, 6.45) is 6.61. The normalized spacial score (nSPS) is 28.6. The second-order valence-electron chi connectivity index (χ2n) is 7.37. The highest BCUT2D eigenvalue weighted by molar-refractivity contribution is 5.82. The SMILES string of the molecule is CN(C(=O)CN1CCCC(CNC(=O)C2CCCN2)C1)C1CC1. The Morgan fingerprint density at radius 2 is 2.04 bits per heavy atom. The first-order valence-corrected chi connectivity index (χ1v) is 9.12. The number of likely N-dealkylation sites (tertiary alicyclic amines) is 1. The number of rotatable bonds is 6. The standard InChI is InChI=1S/C17H30N4O2/c1-20(14-6-7-14)16(22)12-21-9-3-4-13(11-21)10-19-17(23)15-5-2-8-18-15/h13-15,18H,2-12H2,1H3,(H,19,23). The van der Waals surface area contributed by atoms with Crippen LogP contribution in [0.1, 0.15) is 38.5 Å². The molecule has 2 heterocycles. The van der Waals surface area contributed by atoms with E-state index in [-0.39, 0.29) is 17.9 Å². The van der Waals surface area contributed by atoms with Crippen LogP contribution in [0, 0.1) is 5.92 Å². The Morgan fingerprint density at radius 1 is 1.22 bits per heavy atom. The van der Waals surface area contributed by atoms with Crippen molar-refractivity contribution in [2.24, 2.45) is 5.92 Å². The van der Waals surface area contributed by atoms with Crippen LogP contribution in [0.5, 0.6) is 0 Å². The first-order chi connectivity index (χ1) is 11.1. The Labute approximate surface area is 139 Å². The molecule has 0 spiro atoms. The molecule has 2 aliphatic heterocycles. The molecule has 2 amide bonds. The van der Waals surface area contributed by atoms with E-state index in [1.807, 2.05) is 11.9 Å². The molecule has 3 aliphatic rings. The molecule has 2 atom stereocenters. The van der Waals surface area contributed by atoms with Gasteiger partial charge in [0, 0.05) is 26.2 Å². The summed E-state index contributed by atoms with van der Waals surface area (Å²) in [5.74, 6) is 0.852. The van der Waals surface area contributed by atoms with Crippen molar-refractivity contribution in [2.75, 3.05) is 39.8 Å². The molecule has 130 valence electrons. The maximum Gasteiger partial charge on any atom is 0.237 e. The molecular formula is C17H30N4O2. The average molecular weight is 322 g/mol. The van der Waals surface area contributed by atoms with Crippen molar-refractivity contribution in [3.63, 3.8) is 0 Å². The first-order valence-electron chi connectivity index (χ1n) is 9.12. The Bertz CT molecular complexity index is 432. The van der Waals surface area contributed by atoms with Gasteiger partial charge in [0.2, 0.25) is 11.8 Å². The Morgan fingerprint density at radius 3 is 2.74 bits per heavy atom. The third-order valence-corrected chi connectivity index (χ3v) is 5.39. The number of amides is 2. The van der Waals surface area contributed by atoms with Crippen molar-refractivity contribution < 1.29 is 9.59 Å². The lowest BCUT2D eigenvalue weighted by atomic mass is 9.97. The molecule has 1 saturated carbocycles. The van der Waals surface area contributed by atoms with Gasteiger partial charge in [-0.3, -0.25) is 14.5 Å². The lowest BCUT2D eigenvalue weighted by Gasteiger charge is -2.33. The van der Waals surface area contributed by atoms with E-state index in [0.29, 0.717) is 18.5 Å². The lowest BCUT2D eigenvalue weighted by Crippen LogP contribution is -2.47. The molecule has 6 nitrogen and oxygen atoms in total. The highest BCUT2D eigenvalue weighted by Gasteiger charge is 2.31. The quantitative estimate of drug-likeness (QED) is 0.733. The largest absolute Gasteiger partial charge is 0.354 e. The summed E-state index contributed by atoms with van der Waals surface area (Å²) in [5, 5.41) is 6.33. The van der Waals surface area contributed by atoms with E-state index >= 15 is 0 Å². The van der Waals surface area contributed by atoms with Gasteiger partial charge in [-0.15, -0.1) is 0 Å². The van der Waals surface area contributed by atoms with Crippen molar-refractivity contribution in [2.45, 2.75) is 50.6 Å². The average Bonchev–Trinajstić information content (AvgIpc) is 3.26. The van der Waals surface area contributed by atoms with E-state index in [0.717, 1.165) is 64.7 Å². The molecule has 23 heavy (non-hydrogen) atoms. The number of nitrogens with one attached hydrogen (secondary N) is 2. The van der Waals surface area contributed by atoms with Crippen LogP contribution >= 0.6 is 0 Å². The van der Waals surface area contributed by atoms with Gasteiger partial charge in [-0.1, -0.05) is 0 Å². The van der Waals surface area contributed by atoms with Crippen molar-refractivity contribution in [1.29, 1.82) is 0 Å². The van der Waals surface area contributed by atoms with Gasteiger partial charge < -0.3 is 15.5 Å². The van der Waals surface area contributed by atoms with Gasteiger partial charge in [0.15, 0.2) is 0 Å². The summed E-state index contributed by atoms with van der Waals surface area (Å²) in [6, 6.07) is 0.491. The van der Waals surface area contributed by atoms with Crippen LogP contribution in [0.4, 0.5) is 0 Å². The van der Waals surface area contributed by atoms with Crippen LogP contribution < -0.4 is 10.6 Å². The number of piperidine rings is 1. The molecule has 0 aromatic rings. The summed E-state index contributed by atoms with van der Waals surface area (Å²) >= 11 is 0. The van der Waals surface area contributed by atoms with Gasteiger partial charge in [-0.05, 0) is 57.5 Å². The Hall–Kier alpha value is -1.14. The van der Waals surface area contributed by atoms with Gasteiger partial charge >= 0.3 is 0 Å². The summed E-state index contributed by atoms with van der Waals surface area (Å²) in [4.78, 5) is 28.5. The van der Waals surface area contributed by atoms with E-state index < -0.39 is 0 Å². The second-order valence-corrected chi connectivity index (χ2v) is 7.37. The summed E-state index contributed by atoms with van der Waals surface area (Å²) in [7, 11) is 1.93. The fraction of sp³-hybridized carbons (Fsp3) is 0.882. The monoisotopic (exact) mass is 322 g/mol. The Balaban J connectivity index is 1.39. The predicted octanol–water partition coefficient (Wildman–Crippen LogP) is 0.187. The minimum absolute atomic E-state index is 0.00321. The topological polar surface area (TPSA) is 64.7 Å². The van der Waals surface area contributed by atoms with E-state index in [9.17, 15) is 9.59 Å². The van der Waals surface area contributed by atoms with Crippen molar-refractivity contribution in [1.82, 2.24) is 20.4 Å². The van der Waals surface area contributed by atoms with Crippen LogP contribution in [0.3, 0.4) is 0 Å². The summed E-state index contributed by atoms with van der Waals surface area (Å²) in [6.45, 7) is 4.13. The van der Waals surface area contributed by atoms with E-state index in [1.165, 1.54) is 0 Å². The smallest absolute Gasteiger partial charge is 0.237 e. The number of carbonyl (C=O) groups is 2. The zero-order chi connectivity index (χ0) is 16.2. The molecule has 2 unspecified atom stereocenters. The maximum atomic E-state index is 12.2. The van der Waals surface area contributed by atoms with Gasteiger partial charge in [0.05, 0.1) is 12.6 Å². The van der Waals surface area contributed by atoms with Gasteiger partial charge in [-0.2, -0.15) is 0 Å². The van der Waals surface area contributed by atoms with E-state index in [2.05, 4.69) is 15.5 Å². The molecule has 0 bridgehead atoms. The molecule has 1 aliphatic carbocycles. The van der Waals surface area contributed by atoms with Crippen molar-refractivity contribution in [3.8, 4) is 0 Å². The van der Waals surface area contributed by atoms with Crippen LogP contribution in [-0.4, -0.2) is 73.5 Å². The highest BCUT2D eigenvalue weighted by atomic mass is 16.2. The molecule has 2 N–H and O–H groups in total. The van der Waals surface area contributed by atoms with E-state index in [1.54, 1.807) is 0 Å². The molecule has 0 aromatic heterocycles. The number of hydrogen-bond donors (Lipinski definition) is 2. The number of nitrogens with zero attached hydrogens (tertiary/aromatic N) is 2.